The molecule has 1 unspecified atom stereocenters. The molecule has 0 bridgehead atoms. The molecule has 1 aliphatic rings. The third-order valence-corrected chi connectivity index (χ3v) is 4.62. The molecule has 0 aliphatic carbocycles. The van der Waals surface area contributed by atoms with E-state index >= 15 is 0 Å². The Morgan fingerprint density at radius 2 is 2.11 bits per heavy atom. The van der Waals surface area contributed by atoms with E-state index in [-0.39, 0.29) is 5.91 Å². The first-order chi connectivity index (χ1) is 8.89. The van der Waals surface area contributed by atoms with Gasteiger partial charge in [0.25, 0.3) is 5.91 Å². The van der Waals surface area contributed by atoms with E-state index < -0.39 is 5.60 Å². The number of carbonyl (C=O) groups excluding carboxylic acids is 1. The molecule has 1 fully saturated rings. The molecule has 1 heterocycles. The van der Waals surface area contributed by atoms with Crippen LogP contribution in [0.1, 0.15) is 42.1 Å². The van der Waals surface area contributed by atoms with Gasteiger partial charge in [-0.15, -0.1) is 0 Å². The zero-order valence-electron chi connectivity index (χ0n) is 11.4. The van der Waals surface area contributed by atoms with E-state index in [1.54, 1.807) is 0 Å². The number of amides is 1. The zero-order chi connectivity index (χ0) is 14.0. The molecule has 0 radical (unpaired) electrons. The average molecular weight is 326 g/mol. The van der Waals surface area contributed by atoms with Gasteiger partial charge < -0.3 is 10.0 Å². The van der Waals surface area contributed by atoms with Crippen LogP contribution in [0.3, 0.4) is 0 Å². The fourth-order valence-corrected chi connectivity index (χ4v) is 2.75. The van der Waals surface area contributed by atoms with Crippen molar-refractivity contribution >= 4 is 21.8 Å². The molecule has 1 amide bonds. The number of aryl methyl sites for hydroxylation is 1. The van der Waals surface area contributed by atoms with E-state index in [0.717, 1.165) is 29.4 Å². The summed E-state index contributed by atoms with van der Waals surface area (Å²) in [6.45, 7) is 5.20. The number of aliphatic hydroxyl groups is 1. The van der Waals surface area contributed by atoms with Crippen LogP contribution in [0.4, 0.5) is 0 Å². The maximum atomic E-state index is 12.5. The first kappa shape index (κ1) is 14.5. The van der Waals surface area contributed by atoms with Crippen molar-refractivity contribution in [2.75, 3.05) is 13.1 Å². The maximum absolute atomic E-state index is 12.5. The lowest BCUT2D eigenvalue weighted by molar-refractivity contribution is 0.0438. The van der Waals surface area contributed by atoms with Crippen molar-refractivity contribution in [3.8, 4) is 0 Å². The minimum atomic E-state index is -0.636. The normalized spacial score (nSPS) is 24.1. The van der Waals surface area contributed by atoms with Crippen LogP contribution in [0.15, 0.2) is 22.7 Å². The molecule has 1 saturated heterocycles. The number of hydrogen-bond acceptors (Lipinski definition) is 2. The maximum Gasteiger partial charge on any atom is 0.253 e. The molecule has 1 atom stereocenters. The summed E-state index contributed by atoms with van der Waals surface area (Å²) in [7, 11) is 0. The summed E-state index contributed by atoms with van der Waals surface area (Å²) < 4.78 is 0.958. The molecule has 104 valence electrons. The molecule has 4 heteroatoms. The van der Waals surface area contributed by atoms with Gasteiger partial charge in [0.05, 0.1) is 5.60 Å². The highest BCUT2D eigenvalue weighted by molar-refractivity contribution is 9.10. The summed E-state index contributed by atoms with van der Waals surface area (Å²) in [5.74, 6) is 0.0541. The second-order valence-electron chi connectivity index (χ2n) is 5.61. The Bertz CT molecular complexity index is 485. The number of rotatable bonds is 1. The van der Waals surface area contributed by atoms with Crippen molar-refractivity contribution in [1.82, 2.24) is 4.90 Å². The van der Waals surface area contributed by atoms with Gasteiger partial charge in [-0.1, -0.05) is 22.0 Å². The van der Waals surface area contributed by atoms with Gasteiger partial charge >= 0.3 is 0 Å². The topological polar surface area (TPSA) is 40.5 Å². The van der Waals surface area contributed by atoms with Gasteiger partial charge in [-0.2, -0.15) is 0 Å². The first-order valence-electron chi connectivity index (χ1n) is 6.67. The summed E-state index contributed by atoms with van der Waals surface area (Å²) in [5.41, 5.74) is 1.19. The van der Waals surface area contributed by atoms with Gasteiger partial charge in [0.2, 0.25) is 0 Å². The summed E-state index contributed by atoms with van der Waals surface area (Å²) in [6.07, 6.45) is 2.26. The van der Waals surface area contributed by atoms with Gasteiger partial charge in [-0.3, -0.25) is 4.79 Å². The van der Waals surface area contributed by atoms with E-state index in [1.807, 2.05) is 36.9 Å². The van der Waals surface area contributed by atoms with Crippen molar-refractivity contribution < 1.29 is 9.90 Å². The van der Waals surface area contributed by atoms with Crippen molar-refractivity contribution in [1.29, 1.82) is 0 Å². The second kappa shape index (κ2) is 5.63. The van der Waals surface area contributed by atoms with Crippen LogP contribution < -0.4 is 0 Å². The van der Waals surface area contributed by atoms with Crippen molar-refractivity contribution in [3.05, 3.63) is 33.8 Å². The number of halogens is 1. The van der Waals surface area contributed by atoms with Crippen LogP contribution >= 0.6 is 15.9 Å². The van der Waals surface area contributed by atoms with E-state index in [4.69, 9.17) is 0 Å². The Balaban J connectivity index is 2.13. The lowest BCUT2D eigenvalue weighted by Gasteiger charge is -2.22. The third kappa shape index (κ3) is 3.57. The minimum Gasteiger partial charge on any atom is -0.390 e. The molecule has 0 spiro atoms. The Morgan fingerprint density at radius 3 is 2.79 bits per heavy atom. The van der Waals surface area contributed by atoms with Gasteiger partial charge in [0.15, 0.2) is 0 Å². The minimum absolute atomic E-state index is 0.0541. The predicted molar refractivity (Wildman–Crippen MR) is 79.3 cm³/mol. The van der Waals surface area contributed by atoms with E-state index in [2.05, 4.69) is 15.9 Å². The third-order valence-electron chi connectivity index (χ3n) is 3.77. The Labute approximate surface area is 122 Å². The van der Waals surface area contributed by atoms with E-state index in [9.17, 15) is 9.90 Å². The summed E-state index contributed by atoms with van der Waals surface area (Å²) in [5, 5.41) is 10.1. The van der Waals surface area contributed by atoms with Gasteiger partial charge in [-0.05, 0) is 50.8 Å². The molecular weight excluding hydrogens is 306 g/mol. The van der Waals surface area contributed by atoms with Crippen LogP contribution in [0.5, 0.6) is 0 Å². The predicted octanol–water partition coefficient (Wildman–Crippen LogP) is 3.13. The number of nitrogens with zero attached hydrogens (tertiary/aromatic N) is 1. The second-order valence-corrected chi connectivity index (χ2v) is 6.46. The standard InChI is InChI=1S/C15H20BrNO2/c1-11-4-5-12(10-13(11)16)14(18)17-8-3-6-15(2,19)7-9-17/h4-5,10,19H,3,6-9H2,1-2H3. The van der Waals surface area contributed by atoms with Crippen LogP contribution in [-0.4, -0.2) is 34.6 Å². The SMILES string of the molecule is Cc1ccc(C(=O)N2CCCC(C)(O)CC2)cc1Br. The number of carbonyl (C=O) groups is 1. The summed E-state index contributed by atoms with van der Waals surface area (Å²) in [6, 6.07) is 5.69. The first-order valence-corrected chi connectivity index (χ1v) is 7.46. The highest BCUT2D eigenvalue weighted by Crippen LogP contribution is 2.23. The smallest absolute Gasteiger partial charge is 0.253 e. The molecule has 3 nitrogen and oxygen atoms in total. The number of hydrogen-bond donors (Lipinski definition) is 1. The molecule has 2 rings (SSSR count). The Hall–Kier alpha value is -0.870. The fraction of sp³-hybridized carbons (Fsp3) is 0.533. The van der Waals surface area contributed by atoms with Crippen molar-refractivity contribution in [3.63, 3.8) is 0 Å². The lowest BCUT2D eigenvalue weighted by atomic mass is 9.98. The van der Waals surface area contributed by atoms with E-state index in [0.29, 0.717) is 18.5 Å². The largest absolute Gasteiger partial charge is 0.390 e. The van der Waals surface area contributed by atoms with E-state index in [1.165, 1.54) is 0 Å². The van der Waals surface area contributed by atoms with Gasteiger partial charge in [0.1, 0.15) is 0 Å². The summed E-state index contributed by atoms with van der Waals surface area (Å²) in [4.78, 5) is 14.3. The van der Waals surface area contributed by atoms with Crippen LogP contribution in [0.25, 0.3) is 0 Å². The van der Waals surface area contributed by atoms with Crippen LogP contribution in [-0.2, 0) is 0 Å². The molecule has 19 heavy (non-hydrogen) atoms. The van der Waals surface area contributed by atoms with Gasteiger partial charge in [-0.25, -0.2) is 0 Å². The molecule has 1 aromatic carbocycles. The lowest BCUT2D eigenvalue weighted by Crippen LogP contribution is -2.33. The van der Waals surface area contributed by atoms with Crippen molar-refractivity contribution in [2.45, 2.75) is 38.7 Å². The summed E-state index contributed by atoms with van der Waals surface area (Å²) >= 11 is 3.46. The average Bonchev–Trinajstić information content (AvgIpc) is 2.53. The molecule has 1 N–H and O–H groups in total. The molecular formula is C15H20BrNO2. The van der Waals surface area contributed by atoms with Crippen molar-refractivity contribution in [2.24, 2.45) is 0 Å². The molecule has 0 saturated carbocycles. The Kier molecular flexibility index (Phi) is 4.31. The zero-order valence-corrected chi connectivity index (χ0v) is 13.0. The Morgan fingerprint density at radius 1 is 1.37 bits per heavy atom. The highest BCUT2D eigenvalue weighted by Gasteiger charge is 2.27. The number of likely N-dealkylation sites (tertiary alicyclic amines) is 1. The number of benzene rings is 1. The quantitative estimate of drug-likeness (QED) is 0.861. The van der Waals surface area contributed by atoms with Crippen LogP contribution in [0, 0.1) is 6.92 Å². The molecule has 1 aromatic rings. The molecule has 1 aliphatic heterocycles. The molecule has 0 aromatic heterocycles. The highest BCUT2D eigenvalue weighted by atomic mass is 79.9. The van der Waals surface area contributed by atoms with Gasteiger partial charge in [0, 0.05) is 23.1 Å². The van der Waals surface area contributed by atoms with Crippen LogP contribution in [0.2, 0.25) is 0 Å². The fourth-order valence-electron chi connectivity index (χ4n) is 2.37. The monoisotopic (exact) mass is 325 g/mol.